The number of carboxylic acid groups (broad SMARTS) is 1. The zero-order valence-corrected chi connectivity index (χ0v) is 14.3. The zero-order chi connectivity index (χ0) is 19.1. The number of anilines is 1. The Morgan fingerprint density at radius 3 is 2.44 bits per heavy atom. The second-order valence-electron chi connectivity index (χ2n) is 5.60. The standard InChI is InChI=1S/C20H17N3O4/c24-19(13-21-16-4-2-1-3-5-16)23-22-12-17-10-11-18(27-17)14-6-8-15(9-7-14)20(25)26/h1-12,21H,13H2,(H,23,24)(H,25,26)/b22-12-. The topological polar surface area (TPSA) is 104 Å². The molecule has 0 aliphatic carbocycles. The van der Waals surface area contributed by atoms with Gasteiger partial charge >= 0.3 is 5.97 Å². The third-order valence-corrected chi connectivity index (χ3v) is 3.65. The van der Waals surface area contributed by atoms with Crippen LogP contribution in [0.1, 0.15) is 16.1 Å². The summed E-state index contributed by atoms with van der Waals surface area (Å²) in [5, 5.41) is 15.8. The van der Waals surface area contributed by atoms with Crippen LogP contribution in [0.3, 0.4) is 0 Å². The van der Waals surface area contributed by atoms with Gasteiger partial charge in [0, 0.05) is 11.3 Å². The third-order valence-electron chi connectivity index (χ3n) is 3.65. The van der Waals surface area contributed by atoms with Gasteiger partial charge in [-0.25, -0.2) is 10.2 Å². The van der Waals surface area contributed by atoms with Crippen LogP contribution >= 0.6 is 0 Å². The van der Waals surface area contributed by atoms with E-state index in [0.29, 0.717) is 11.5 Å². The number of hydrogen-bond acceptors (Lipinski definition) is 5. The Balaban J connectivity index is 1.52. The number of rotatable bonds is 7. The molecule has 3 aromatic rings. The highest BCUT2D eigenvalue weighted by Crippen LogP contribution is 2.22. The third kappa shape index (κ3) is 5.05. The summed E-state index contributed by atoms with van der Waals surface area (Å²) >= 11 is 0. The van der Waals surface area contributed by atoms with Crippen LogP contribution in [-0.2, 0) is 4.79 Å². The van der Waals surface area contributed by atoms with Gasteiger partial charge in [-0.2, -0.15) is 5.10 Å². The summed E-state index contributed by atoms with van der Waals surface area (Å²) < 4.78 is 5.62. The monoisotopic (exact) mass is 363 g/mol. The van der Waals surface area contributed by atoms with Crippen LogP contribution in [-0.4, -0.2) is 29.7 Å². The average molecular weight is 363 g/mol. The first kappa shape index (κ1) is 17.9. The first-order valence-electron chi connectivity index (χ1n) is 8.16. The fourth-order valence-electron chi connectivity index (χ4n) is 2.30. The molecule has 1 aromatic heterocycles. The Labute approximate surface area is 155 Å². The second kappa shape index (κ2) is 8.48. The lowest BCUT2D eigenvalue weighted by atomic mass is 10.1. The Hall–Kier alpha value is -3.87. The molecule has 0 radical (unpaired) electrons. The van der Waals surface area contributed by atoms with Gasteiger partial charge in [-0.05, 0) is 36.4 Å². The summed E-state index contributed by atoms with van der Waals surface area (Å²) in [5.41, 5.74) is 4.21. The Morgan fingerprint density at radius 1 is 1.00 bits per heavy atom. The van der Waals surface area contributed by atoms with Crippen molar-refractivity contribution >= 4 is 23.8 Å². The van der Waals surface area contributed by atoms with Gasteiger partial charge in [-0.3, -0.25) is 4.79 Å². The van der Waals surface area contributed by atoms with Crippen LogP contribution in [0.25, 0.3) is 11.3 Å². The summed E-state index contributed by atoms with van der Waals surface area (Å²) in [7, 11) is 0. The fraction of sp³-hybridized carbons (Fsp3) is 0.0500. The molecule has 0 saturated heterocycles. The molecule has 27 heavy (non-hydrogen) atoms. The van der Waals surface area contributed by atoms with Crippen LogP contribution < -0.4 is 10.7 Å². The highest BCUT2D eigenvalue weighted by Gasteiger charge is 2.06. The molecule has 0 bridgehead atoms. The molecule has 0 saturated carbocycles. The number of furan rings is 1. The molecule has 136 valence electrons. The molecule has 2 aromatic carbocycles. The number of benzene rings is 2. The van der Waals surface area contributed by atoms with Crippen molar-refractivity contribution in [2.45, 2.75) is 0 Å². The van der Waals surface area contributed by atoms with E-state index in [2.05, 4.69) is 15.8 Å². The lowest BCUT2D eigenvalue weighted by Crippen LogP contribution is -2.25. The van der Waals surface area contributed by atoms with Gasteiger partial charge in [-0.15, -0.1) is 0 Å². The minimum Gasteiger partial charge on any atom is -0.478 e. The van der Waals surface area contributed by atoms with Gasteiger partial charge in [0.15, 0.2) is 0 Å². The number of carbonyl (C=O) groups excluding carboxylic acids is 1. The van der Waals surface area contributed by atoms with Crippen LogP contribution in [0.5, 0.6) is 0 Å². The van der Waals surface area contributed by atoms with Gasteiger partial charge in [0.05, 0.1) is 18.3 Å². The zero-order valence-electron chi connectivity index (χ0n) is 14.3. The molecule has 0 atom stereocenters. The summed E-state index contributed by atoms with van der Waals surface area (Å²) in [6.07, 6.45) is 1.40. The van der Waals surface area contributed by atoms with E-state index < -0.39 is 5.97 Å². The van der Waals surface area contributed by atoms with Crippen molar-refractivity contribution in [3.63, 3.8) is 0 Å². The molecule has 7 nitrogen and oxygen atoms in total. The largest absolute Gasteiger partial charge is 0.478 e. The molecule has 0 fully saturated rings. The van der Waals surface area contributed by atoms with E-state index in [1.54, 1.807) is 24.3 Å². The molecule has 7 heteroatoms. The highest BCUT2D eigenvalue weighted by molar-refractivity contribution is 5.88. The molecule has 3 N–H and O–H groups in total. The summed E-state index contributed by atoms with van der Waals surface area (Å²) in [6.45, 7) is 0.0979. The maximum absolute atomic E-state index is 11.8. The summed E-state index contributed by atoms with van der Waals surface area (Å²) in [6, 6.07) is 19.2. The maximum Gasteiger partial charge on any atom is 0.335 e. The molecular weight excluding hydrogens is 346 g/mol. The van der Waals surface area contributed by atoms with Gasteiger partial charge in [-0.1, -0.05) is 30.3 Å². The molecule has 0 aliphatic heterocycles. The Morgan fingerprint density at radius 2 is 1.74 bits per heavy atom. The van der Waals surface area contributed by atoms with Crippen molar-refractivity contribution in [3.05, 3.63) is 78.1 Å². The van der Waals surface area contributed by atoms with Crippen LogP contribution in [0.4, 0.5) is 5.69 Å². The molecule has 3 rings (SSSR count). The molecule has 0 unspecified atom stereocenters. The number of hydrazone groups is 1. The predicted octanol–water partition coefficient (Wildman–Crippen LogP) is 3.21. The lowest BCUT2D eigenvalue weighted by molar-refractivity contribution is -0.119. The number of amides is 1. The van der Waals surface area contributed by atoms with Crippen molar-refractivity contribution in [1.29, 1.82) is 0 Å². The number of carbonyl (C=O) groups is 2. The number of nitrogens with one attached hydrogen (secondary N) is 2. The second-order valence-corrected chi connectivity index (χ2v) is 5.60. The molecule has 0 spiro atoms. The van der Waals surface area contributed by atoms with E-state index in [1.807, 2.05) is 30.3 Å². The number of carboxylic acids is 1. The van der Waals surface area contributed by atoms with E-state index in [-0.39, 0.29) is 18.0 Å². The van der Waals surface area contributed by atoms with E-state index in [1.165, 1.54) is 18.3 Å². The van der Waals surface area contributed by atoms with Crippen molar-refractivity contribution < 1.29 is 19.1 Å². The quantitative estimate of drug-likeness (QED) is 0.442. The predicted molar refractivity (Wildman–Crippen MR) is 102 cm³/mol. The number of hydrogen-bond donors (Lipinski definition) is 3. The highest BCUT2D eigenvalue weighted by atomic mass is 16.4. The van der Waals surface area contributed by atoms with Crippen molar-refractivity contribution in [1.82, 2.24) is 5.43 Å². The summed E-state index contributed by atoms with van der Waals surface area (Å²) in [5.74, 6) is -0.230. The average Bonchev–Trinajstić information content (AvgIpc) is 3.16. The fourth-order valence-corrected chi connectivity index (χ4v) is 2.30. The van der Waals surface area contributed by atoms with Gasteiger partial charge in [0.25, 0.3) is 5.91 Å². The normalized spacial score (nSPS) is 10.7. The van der Waals surface area contributed by atoms with E-state index >= 15 is 0 Å². The Bertz CT molecular complexity index is 947. The first-order valence-corrected chi connectivity index (χ1v) is 8.16. The van der Waals surface area contributed by atoms with Crippen LogP contribution in [0.2, 0.25) is 0 Å². The van der Waals surface area contributed by atoms with E-state index in [9.17, 15) is 9.59 Å². The minimum absolute atomic E-state index is 0.0979. The first-order chi connectivity index (χ1) is 13.1. The molecule has 0 aliphatic rings. The number of aromatic carboxylic acids is 1. The SMILES string of the molecule is O=C(CNc1ccccc1)N/N=C\c1ccc(-c2ccc(C(=O)O)cc2)o1. The summed E-state index contributed by atoms with van der Waals surface area (Å²) in [4.78, 5) is 22.6. The van der Waals surface area contributed by atoms with Gasteiger partial charge < -0.3 is 14.8 Å². The minimum atomic E-state index is -0.980. The smallest absolute Gasteiger partial charge is 0.335 e. The van der Waals surface area contributed by atoms with Gasteiger partial charge in [0.2, 0.25) is 0 Å². The van der Waals surface area contributed by atoms with Crippen LogP contribution in [0, 0.1) is 0 Å². The van der Waals surface area contributed by atoms with E-state index in [0.717, 1.165) is 11.3 Å². The van der Waals surface area contributed by atoms with Crippen molar-refractivity contribution in [2.75, 3.05) is 11.9 Å². The molecule has 1 heterocycles. The van der Waals surface area contributed by atoms with E-state index in [4.69, 9.17) is 9.52 Å². The van der Waals surface area contributed by atoms with Crippen molar-refractivity contribution in [3.8, 4) is 11.3 Å². The van der Waals surface area contributed by atoms with Crippen molar-refractivity contribution in [2.24, 2.45) is 5.10 Å². The lowest BCUT2D eigenvalue weighted by Gasteiger charge is -2.04. The maximum atomic E-state index is 11.8. The van der Waals surface area contributed by atoms with Crippen LogP contribution in [0.15, 0.2) is 76.2 Å². The number of para-hydroxylation sites is 1. The van der Waals surface area contributed by atoms with Gasteiger partial charge in [0.1, 0.15) is 11.5 Å². The molecular formula is C20H17N3O4. The number of nitrogens with zero attached hydrogens (tertiary/aromatic N) is 1. The Kier molecular flexibility index (Phi) is 5.64. The molecule has 1 amide bonds.